The second-order valence-electron chi connectivity index (χ2n) is 5.61. The van der Waals surface area contributed by atoms with E-state index in [9.17, 15) is 0 Å². The molecule has 1 saturated heterocycles. The van der Waals surface area contributed by atoms with E-state index in [0.29, 0.717) is 5.25 Å². The molecule has 1 unspecified atom stereocenters. The van der Waals surface area contributed by atoms with Crippen molar-refractivity contribution in [2.24, 2.45) is 4.99 Å². The Hall–Kier alpha value is -1.36. The molecule has 4 nitrogen and oxygen atoms in total. The summed E-state index contributed by atoms with van der Waals surface area (Å²) in [4.78, 5) is 6.82. The van der Waals surface area contributed by atoms with Crippen molar-refractivity contribution in [2.45, 2.75) is 32.1 Å². The van der Waals surface area contributed by atoms with Gasteiger partial charge in [0.15, 0.2) is 5.96 Å². The van der Waals surface area contributed by atoms with Crippen LogP contribution >= 0.6 is 11.8 Å². The number of thioether (sulfide) groups is 1. The minimum atomic E-state index is 0.714. The summed E-state index contributed by atoms with van der Waals surface area (Å²) in [5.41, 5.74) is 2.43. The van der Waals surface area contributed by atoms with E-state index in [2.05, 4.69) is 53.0 Å². The van der Waals surface area contributed by atoms with Gasteiger partial charge in [-0.15, -0.1) is 0 Å². The zero-order valence-corrected chi connectivity index (χ0v) is 14.9. The molecule has 1 aromatic carbocycles. The number of rotatable bonds is 4. The highest BCUT2D eigenvalue weighted by atomic mass is 32.2. The molecular weight excluding hydrogens is 294 g/mol. The van der Waals surface area contributed by atoms with Crippen LogP contribution in [0.25, 0.3) is 0 Å². The SMILES string of the molecule is CCC1CN(C(=NC)NCc2cc(C)cc(OC)c2)CCS1. The Morgan fingerprint density at radius 1 is 1.45 bits per heavy atom. The Labute approximate surface area is 138 Å². The molecule has 0 spiro atoms. The first-order valence-corrected chi connectivity index (χ1v) is 8.93. The Morgan fingerprint density at radius 3 is 2.95 bits per heavy atom. The summed E-state index contributed by atoms with van der Waals surface area (Å²) in [6, 6.07) is 6.31. The van der Waals surface area contributed by atoms with Crippen molar-refractivity contribution in [3.63, 3.8) is 0 Å². The van der Waals surface area contributed by atoms with Crippen LogP contribution < -0.4 is 10.1 Å². The monoisotopic (exact) mass is 321 g/mol. The normalized spacial score (nSPS) is 19.2. The van der Waals surface area contributed by atoms with Crippen molar-refractivity contribution in [2.75, 3.05) is 33.0 Å². The second-order valence-corrected chi connectivity index (χ2v) is 7.01. The Balaban J connectivity index is 1.98. The Kier molecular flexibility index (Phi) is 6.43. The minimum absolute atomic E-state index is 0.714. The molecular formula is C17H27N3OS. The molecule has 0 aliphatic carbocycles. The maximum Gasteiger partial charge on any atom is 0.193 e. The number of aryl methyl sites for hydroxylation is 1. The van der Waals surface area contributed by atoms with Gasteiger partial charge < -0.3 is 15.0 Å². The van der Waals surface area contributed by atoms with E-state index in [4.69, 9.17) is 4.74 Å². The maximum atomic E-state index is 5.34. The van der Waals surface area contributed by atoms with Gasteiger partial charge in [0.05, 0.1) is 7.11 Å². The molecule has 1 atom stereocenters. The average Bonchev–Trinajstić information content (AvgIpc) is 2.55. The lowest BCUT2D eigenvalue weighted by molar-refractivity contribution is 0.407. The second kappa shape index (κ2) is 8.32. The molecule has 1 aromatic rings. The molecule has 22 heavy (non-hydrogen) atoms. The van der Waals surface area contributed by atoms with Crippen LogP contribution in [0.4, 0.5) is 0 Å². The summed E-state index contributed by atoms with van der Waals surface area (Å²) in [5.74, 6) is 3.09. The third-order valence-electron chi connectivity index (χ3n) is 3.90. The van der Waals surface area contributed by atoms with Gasteiger partial charge in [-0.1, -0.05) is 13.0 Å². The molecule has 0 aromatic heterocycles. The molecule has 1 N–H and O–H groups in total. The van der Waals surface area contributed by atoms with Crippen LogP contribution in [0.5, 0.6) is 5.75 Å². The summed E-state index contributed by atoms with van der Waals surface area (Å²) < 4.78 is 5.34. The number of hydrogen-bond acceptors (Lipinski definition) is 3. The first kappa shape index (κ1) is 17.0. The summed E-state index contributed by atoms with van der Waals surface area (Å²) >= 11 is 2.08. The van der Waals surface area contributed by atoms with E-state index < -0.39 is 0 Å². The third kappa shape index (κ3) is 4.57. The third-order valence-corrected chi connectivity index (χ3v) is 5.27. The molecule has 0 amide bonds. The lowest BCUT2D eigenvalue weighted by Gasteiger charge is -2.34. The van der Waals surface area contributed by atoms with Crippen molar-refractivity contribution in [3.8, 4) is 5.75 Å². The number of nitrogens with zero attached hydrogens (tertiary/aromatic N) is 2. The molecule has 0 radical (unpaired) electrons. The molecule has 0 bridgehead atoms. The number of ether oxygens (including phenoxy) is 1. The quantitative estimate of drug-likeness (QED) is 0.683. The molecule has 1 aliphatic heterocycles. The van der Waals surface area contributed by atoms with Crippen molar-refractivity contribution < 1.29 is 4.74 Å². The van der Waals surface area contributed by atoms with Gasteiger partial charge in [0.25, 0.3) is 0 Å². The summed E-state index contributed by atoms with van der Waals surface area (Å²) in [7, 11) is 3.57. The lowest BCUT2D eigenvalue weighted by Crippen LogP contribution is -2.47. The van der Waals surface area contributed by atoms with Crippen molar-refractivity contribution in [3.05, 3.63) is 29.3 Å². The van der Waals surface area contributed by atoms with Crippen molar-refractivity contribution in [1.29, 1.82) is 0 Å². The van der Waals surface area contributed by atoms with Crippen LogP contribution in [0.2, 0.25) is 0 Å². The zero-order valence-electron chi connectivity index (χ0n) is 14.1. The van der Waals surface area contributed by atoms with Crippen LogP contribution in [-0.4, -0.2) is 49.1 Å². The van der Waals surface area contributed by atoms with Crippen LogP contribution in [0.1, 0.15) is 24.5 Å². The van der Waals surface area contributed by atoms with Gasteiger partial charge in [-0.25, -0.2) is 0 Å². The van der Waals surface area contributed by atoms with E-state index in [0.717, 1.165) is 31.3 Å². The molecule has 1 heterocycles. The van der Waals surface area contributed by atoms with Crippen molar-refractivity contribution in [1.82, 2.24) is 10.2 Å². The number of benzene rings is 1. The van der Waals surface area contributed by atoms with Crippen LogP contribution in [0.3, 0.4) is 0 Å². The molecule has 1 fully saturated rings. The highest BCUT2D eigenvalue weighted by Crippen LogP contribution is 2.21. The highest BCUT2D eigenvalue weighted by Gasteiger charge is 2.21. The van der Waals surface area contributed by atoms with Gasteiger partial charge in [0.2, 0.25) is 0 Å². The first-order chi connectivity index (χ1) is 10.7. The van der Waals surface area contributed by atoms with E-state index in [1.165, 1.54) is 23.3 Å². The lowest BCUT2D eigenvalue weighted by atomic mass is 10.1. The van der Waals surface area contributed by atoms with Crippen LogP contribution in [0.15, 0.2) is 23.2 Å². The van der Waals surface area contributed by atoms with Gasteiger partial charge in [-0.05, 0) is 36.6 Å². The minimum Gasteiger partial charge on any atom is -0.497 e. The summed E-state index contributed by atoms with van der Waals surface area (Å²) in [5, 5.41) is 4.20. The van der Waals surface area contributed by atoms with E-state index in [-0.39, 0.29) is 0 Å². The largest absolute Gasteiger partial charge is 0.497 e. The fourth-order valence-corrected chi connectivity index (χ4v) is 3.90. The fourth-order valence-electron chi connectivity index (χ4n) is 2.72. The number of nitrogens with one attached hydrogen (secondary N) is 1. The summed E-state index contributed by atoms with van der Waals surface area (Å²) in [6.07, 6.45) is 1.22. The smallest absolute Gasteiger partial charge is 0.193 e. The molecule has 122 valence electrons. The van der Waals surface area contributed by atoms with Gasteiger partial charge in [0.1, 0.15) is 5.75 Å². The van der Waals surface area contributed by atoms with Gasteiger partial charge in [-0.2, -0.15) is 11.8 Å². The average molecular weight is 321 g/mol. The number of guanidine groups is 1. The molecule has 0 saturated carbocycles. The predicted octanol–water partition coefficient (Wildman–Crippen LogP) is 2.91. The fraction of sp³-hybridized carbons (Fsp3) is 0.588. The topological polar surface area (TPSA) is 36.9 Å². The summed E-state index contributed by atoms with van der Waals surface area (Å²) in [6.45, 7) is 7.27. The van der Waals surface area contributed by atoms with E-state index >= 15 is 0 Å². The zero-order chi connectivity index (χ0) is 15.9. The highest BCUT2D eigenvalue weighted by molar-refractivity contribution is 8.00. The Morgan fingerprint density at radius 2 is 2.27 bits per heavy atom. The Bertz CT molecular complexity index is 519. The number of aliphatic imine (C=N–C) groups is 1. The van der Waals surface area contributed by atoms with E-state index in [1.807, 2.05) is 13.1 Å². The van der Waals surface area contributed by atoms with Gasteiger partial charge in [0, 0.05) is 37.7 Å². The van der Waals surface area contributed by atoms with Gasteiger partial charge >= 0.3 is 0 Å². The van der Waals surface area contributed by atoms with Crippen LogP contribution in [0, 0.1) is 6.92 Å². The molecule has 1 aliphatic rings. The first-order valence-electron chi connectivity index (χ1n) is 7.88. The number of methoxy groups -OCH3 is 1. The predicted molar refractivity (Wildman–Crippen MR) is 96.0 cm³/mol. The van der Waals surface area contributed by atoms with Gasteiger partial charge in [-0.3, -0.25) is 4.99 Å². The maximum absolute atomic E-state index is 5.34. The standard InChI is InChI=1S/C17H27N3OS/c1-5-16-12-20(6-7-22-16)17(18-3)19-11-14-8-13(2)9-15(10-14)21-4/h8-10,16H,5-7,11-12H2,1-4H3,(H,18,19). The van der Waals surface area contributed by atoms with Crippen molar-refractivity contribution >= 4 is 17.7 Å². The van der Waals surface area contributed by atoms with E-state index in [1.54, 1.807) is 7.11 Å². The van der Waals surface area contributed by atoms with Crippen LogP contribution in [-0.2, 0) is 6.54 Å². The number of hydrogen-bond donors (Lipinski definition) is 1. The molecule has 2 rings (SSSR count). The molecule has 5 heteroatoms.